The summed E-state index contributed by atoms with van der Waals surface area (Å²) in [6.07, 6.45) is 4.83. The van der Waals surface area contributed by atoms with Crippen molar-refractivity contribution >= 4 is 11.8 Å². The Bertz CT molecular complexity index is 843. The number of piperidine rings is 1. The lowest BCUT2D eigenvalue weighted by atomic mass is 9.94. The zero-order valence-electron chi connectivity index (χ0n) is 18.0. The van der Waals surface area contributed by atoms with E-state index in [1.165, 1.54) is 6.26 Å². The van der Waals surface area contributed by atoms with E-state index in [1.807, 2.05) is 9.80 Å². The minimum atomic E-state index is -0.0308. The van der Waals surface area contributed by atoms with Crippen LogP contribution in [0.1, 0.15) is 45.2 Å². The number of aromatic nitrogens is 1. The molecule has 1 fully saturated rings. The maximum absolute atomic E-state index is 13.2. The maximum atomic E-state index is 13.2. The van der Waals surface area contributed by atoms with Crippen LogP contribution in [0, 0.1) is 17.2 Å². The molecule has 0 aliphatic carbocycles. The summed E-state index contributed by atoms with van der Waals surface area (Å²) in [5, 5.41) is 9.47. The fourth-order valence-corrected chi connectivity index (χ4v) is 4.06. The Kier molecular flexibility index (Phi) is 7.52. The summed E-state index contributed by atoms with van der Waals surface area (Å²) in [4.78, 5) is 21.5. The van der Waals surface area contributed by atoms with Gasteiger partial charge in [-0.15, -0.1) is 0 Å². The molecule has 8 heteroatoms. The summed E-state index contributed by atoms with van der Waals surface area (Å²) in [5.41, 5.74) is 0.241. The van der Waals surface area contributed by atoms with Crippen molar-refractivity contribution in [2.75, 3.05) is 38.3 Å². The van der Waals surface area contributed by atoms with Crippen molar-refractivity contribution in [3.05, 3.63) is 24.1 Å². The smallest absolute Gasteiger partial charge is 0.266 e. The van der Waals surface area contributed by atoms with Crippen molar-refractivity contribution in [2.45, 2.75) is 45.6 Å². The molecule has 0 unspecified atom stereocenters. The van der Waals surface area contributed by atoms with Crippen LogP contribution in [0.4, 0.5) is 5.88 Å². The van der Waals surface area contributed by atoms with E-state index in [1.54, 1.807) is 19.2 Å². The van der Waals surface area contributed by atoms with Crippen LogP contribution in [0.3, 0.4) is 0 Å². The molecule has 2 aromatic heterocycles. The zero-order chi connectivity index (χ0) is 21.5. The molecule has 2 aromatic rings. The molecule has 162 valence electrons. The van der Waals surface area contributed by atoms with E-state index in [2.05, 4.69) is 24.9 Å². The molecule has 1 amide bonds. The second kappa shape index (κ2) is 10.3. The average Bonchev–Trinajstić information content (AvgIpc) is 3.46. The third-order valence-corrected chi connectivity index (χ3v) is 5.78. The molecule has 3 heterocycles. The molecule has 0 N–H and O–H groups in total. The van der Waals surface area contributed by atoms with Gasteiger partial charge in [-0.1, -0.05) is 13.8 Å². The number of hydrogen-bond acceptors (Lipinski definition) is 7. The van der Waals surface area contributed by atoms with Gasteiger partial charge in [-0.2, -0.15) is 10.2 Å². The summed E-state index contributed by atoms with van der Waals surface area (Å²) in [7, 11) is 1.66. The van der Waals surface area contributed by atoms with Crippen molar-refractivity contribution in [3.8, 4) is 17.7 Å². The van der Waals surface area contributed by atoms with Gasteiger partial charge in [0.1, 0.15) is 6.07 Å². The number of anilines is 1. The van der Waals surface area contributed by atoms with Crippen LogP contribution in [0.25, 0.3) is 11.7 Å². The van der Waals surface area contributed by atoms with Crippen LogP contribution < -0.4 is 4.90 Å². The van der Waals surface area contributed by atoms with E-state index in [9.17, 15) is 10.1 Å². The topological polar surface area (TPSA) is 95.7 Å². The number of hydrogen-bond donors (Lipinski definition) is 0. The highest BCUT2D eigenvalue weighted by molar-refractivity contribution is 5.79. The molecule has 1 saturated heterocycles. The first kappa shape index (κ1) is 21.9. The van der Waals surface area contributed by atoms with Gasteiger partial charge in [0.2, 0.25) is 17.5 Å². The fourth-order valence-electron chi connectivity index (χ4n) is 4.06. The van der Waals surface area contributed by atoms with Crippen LogP contribution in [0.2, 0.25) is 0 Å². The summed E-state index contributed by atoms with van der Waals surface area (Å²) in [6.45, 7) is 6.68. The molecule has 1 aliphatic heterocycles. The Morgan fingerprint density at radius 3 is 2.70 bits per heavy atom. The standard InChI is InChI=1S/C22H30N4O4/c1-4-17(5-2)26(12-14-28-3)21(27)16-8-10-25(11-9-16)22-18(15-23)24-20(30-22)19-7-6-13-29-19/h6-7,13,16-17H,4-5,8-12,14H2,1-3H3. The van der Waals surface area contributed by atoms with Gasteiger partial charge in [0.05, 0.1) is 12.9 Å². The monoisotopic (exact) mass is 414 g/mol. The van der Waals surface area contributed by atoms with Gasteiger partial charge in [-0.05, 0) is 37.8 Å². The number of nitrogens with zero attached hydrogens (tertiary/aromatic N) is 4. The van der Waals surface area contributed by atoms with Gasteiger partial charge in [0.25, 0.3) is 5.89 Å². The fraction of sp³-hybridized carbons (Fsp3) is 0.591. The Hall–Kier alpha value is -2.79. The van der Waals surface area contributed by atoms with E-state index in [4.69, 9.17) is 13.6 Å². The first-order valence-corrected chi connectivity index (χ1v) is 10.6. The van der Waals surface area contributed by atoms with Gasteiger partial charge < -0.3 is 23.4 Å². The molecule has 0 radical (unpaired) electrons. The summed E-state index contributed by atoms with van der Waals surface area (Å²) in [5.74, 6) is 1.41. The van der Waals surface area contributed by atoms with Crippen LogP contribution in [0.15, 0.2) is 27.2 Å². The average molecular weight is 415 g/mol. The summed E-state index contributed by atoms with van der Waals surface area (Å²) >= 11 is 0. The minimum Gasteiger partial charge on any atom is -0.459 e. The Morgan fingerprint density at radius 1 is 1.40 bits per heavy atom. The molecular weight excluding hydrogens is 384 g/mol. The van der Waals surface area contributed by atoms with E-state index in [-0.39, 0.29) is 23.6 Å². The lowest BCUT2D eigenvalue weighted by Gasteiger charge is -2.37. The molecular formula is C22H30N4O4. The van der Waals surface area contributed by atoms with E-state index >= 15 is 0 Å². The van der Waals surface area contributed by atoms with Gasteiger partial charge in [-0.25, -0.2) is 0 Å². The largest absolute Gasteiger partial charge is 0.459 e. The van der Waals surface area contributed by atoms with Crippen LogP contribution in [-0.2, 0) is 9.53 Å². The van der Waals surface area contributed by atoms with Crippen molar-refractivity contribution in [2.24, 2.45) is 5.92 Å². The number of nitriles is 1. The Labute approximate surface area is 177 Å². The number of rotatable bonds is 9. The molecule has 0 spiro atoms. The normalized spacial score (nSPS) is 14.8. The third-order valence-electron chi connectivity index (χ3n) is 5.78. The SMILES string of the molecule is CCC(CC)N(CCOC)C(=O)C1CCN(c2oc(-c3ccco3)nc2C#N)CC1. The number of carbonyl (C=O) groups excluding carboxylic acids is 1. The zero-order valence-corrected chi connectivity index (χ0v) is 18.0. The highest BCUT2D eigenvalue weighted by Crippen LogP contribution is 2.32. The number of ether oxygens (including phenoxy) is 1. The molecule has 0 saturated carbocycles. The van der Waals surface area contributed by atoms with Crippen molar-refractivity contribution in [3.63, 3.8) is 0 Å². The lowest BCUT2D eigenvalue weighted by molar-refractivity contribution is -0.139. The first-order chi connectivity index (χ1) is 14.6. The molecule has 0 aromatic carbocycles. The van der Waals surface area contributed by atoms with E-state index in [0.29, 0.717) is 56.6 Å². The first-order valence-electron chi connectivity index (χ1n) is 10.6. The number of oxazole rings is 1. The maximum Gasteiger partial charge on any atom is 0.266 e. The van der Waals surface area contributed by atoms with E-state index in [0.717, 1.165) is 12.8 Å². The molecule has 0 bridgehead atoms. The third kappa shape index (κ3) is 4.68. The number of furan rings is 1. The predicted molar refractivity (Wildman–Crippen MR) is 112 cm³/mol. The van der Waals surface area contributed by atoms with Crippen molar-refractivity contribution < 1.29 is 18.4 Å². The number of amides is 1. The highest BCUT2D eigenvalue weighted by atomic mass is 16.5. The summed E-state index contributed by atoms with van der Waals surface area (Å²) < 4.78 is 16.4. The van der Waals surface area contributed by atoms with Crippen LogP contribution in [0.5, 0.6) is 0 Å². The Morgan fingerprint density at radius 2 is 2.13 bits per heavy atom. The second-order valence-corrected chi connectivity index (χ2v) is 7.52. The van der Waals surface area contributed by atoms with Crippen LogP contribution >= 0.6 is 0 Å². The lowest BCUT2D eigenvalue weighted by Crippen LogP contribution is -2.47. The molecule has 30 heavy (non-hydrogen) atoms. The predicted octanol–water partition coefficient (Wildman–Crippen LogP) is 3.69. The second-order valence-electron chi connectivity index (χ2n) is 7.52. The quantitative estimate of drug-likeness (QED) is 0.617. The molecule has 0 atom stereocenters. The summed E-state index contributed by atoms with van der Waals surface area (Å²) in [6, 6.07) is 5.83. The number of carbonyl (C=O) groups is 1. The van der Waals surface area contributed by atoms with Crippen LogP contribution in [-0.4, -0.2) is 55.2 Å². The van der Waals surface area contributed by atoms with Gasteiger partial charge >= 0.3 is 0 Å². The van der Waals surface area contributed by atoms with Crippen molar-refractivity contribution in [1.82, 2.24) is 9.88 Å². The molecule has 3 rings (SSSR count). The highest BCUT2D eigenvalue weighted by Gasteiger charge is 2.33. The van der Waals surface area contributed by atoms with Gasteiger partial charge in [-0.3, -0.25) is 4.79 Å². The molecule has 1 aliphatic rings. The van der Waals surface area contributed by atoms with E-state index < -0.39 is 0 Å². The molecule has 8 nitrogen and oxygen atoms in total. The minimum absolute atomic E-state index is 0.0308. The van der Waals surface area contributed by atoms with Gasteiger partial charge in [0.15, 0.2) is 5.76 Å². The number of methoxy groups -OCH3 is 1. The Balaban J connectivity index is 1.68. The van der Waals surface area contributed by atoms with Gasteiger partial charge in [0, 0.05) is 38.7 Å². The van der Waals surface area contributed by atoms with Crippen molar-refractivity contribution in [1.29, 1.82) is 5.26 Å².